The van der Waals surface area contributed by atoms with Crippen molar-refractivity contribution in [3.8, 4) is 11.5 Å². The van der Waals surface area contributed by atoms with E-state index in [1.807, 2.05) is 0 Å². The van der Waals surface area contributed by atoms with Crippen LogP contribution in [0, 0.1) is 0 Å². The quantitative estimate of drug-likeness (QED) is 0.743. The minimum atomic E-state index is -4.08. The summed E-state index contributed by atoms with van der Waals surface area (Å²) in [6, 6.07) is 12.5. The van der Waals surface area contributed by atoms with Gasteiger partial charge in [-0.25, -0.2) is 8.42 Å². The largest absolute Gasteiger partial charge is 0.504 e. The molecule has 0 unspecified atom stereocenters. The van der Waals surface area contributed by atoms with Crippen molar-refractivity contribution in [1.29, 1.82) is 0 Å². The number of nitrogens with one attached hydrogen (secondary N) is 1. The van der Waals surface area contributed by atoms with Crippen LogP contribution in [0.15, 0.2) is 58.2 Å². The van der Waals surface area contributed by atoms with Crippen LogP contribution < -0.4 is 14.2 Å². The predicted octanol–water partition coefficient (Wildman–Crippen LogP) is 2.78. The molecule has 0 saturated heterocycles. The van der Waals surface area contributed by atoms with Crippen molar-refractivity contribution in [3.05, 3.63) is 58.1 Å². The topological polar surface area (TPSA) is 92.7 Å². The molecule has 6 nitrogen and oxygen atoms in total. The van der Waals surface area contributed by atoms with Crippen molar-refractivity contribution in [1.82, 2.24) is 0 Å². The van der Waals surface area contributed by atoms with E-state index < -0.39 is 14.8 Å². The number of hydrogen-bond donors (Lipinski definition) is 2. The molecule has 124 valence electrons. The van der Waals surface area contributed by atoms with Crippen LogP contribution in [0.1, 0.15) is 0 Å². The van der Waals surface area contributed by atoms with Crippen molar-refractivity contribution in [3.63, 3.8) is 0 Å². The van der Waals surface area contributed by atoms with Crippen LogP contribution in [0.3, 0.4) is 0 Å². The second kappa shape index (κ2) is 6.14. The van der Waals surface area contributed by atoms with Gasteiger partial charge in [-0.05, 0) is 29.7 Å². The first kappa shape index (κ1) is 16.3. The number of benzene rings is 2. The number of phenols is 1. The Morgan fingerprint density at radius 2 is 1.88 bits per heavy atom. The molecule has 24 heavy (non-hydrogen) atoms. The van der Waals surface area contributed by atoms with Crippen molar-refractivity contribution >= 4 is 37.1 Å². The number of methoxy groups -OCH3 is 1. The Hall–Kier alpha value is -2.58. The molecule has 0 aliphatic heterocycles. The number of anilines is 1. The van der Waals surface area contributed by atoms with E-state index in [1.165, 1.54) is 31.4 Å². The second-order valence-corrected chi connectivity index (χ2v) is 7.59. The van der Waals surface area contributed by atoms with E-state index in [0.29, 0.717) is 10.1 Å². The van der Waals surface area contributed by atoms with Gasteiger partial charge >= 0.3 is 0 Å². The van der Waals surface area contributed by atoms with Crippen molar-refractivity contribution in [2.24, 2.45) is 0 Å². The lowest BCUT2D eigenvalue weighted by Crippen LogP contribution is -2.19. The molecule has 0 saturated carbocycles. The minimum absolute atomic E-state index is 0.130. The minimum Gasteiger partial charge on any atom is -0.504 e. The van der Waals surface area contributed by atoms with Crippen molar-refractivity contribution in [2.45, 2.75) is 4.90 Å². The molecule has 3 aromatic rings. The van der Waals surface area contributed by atoms with Crippen molar-refractivity contribution in [2.75, 3.05) is 11.8 Å². The second-order valence-electron chi connectivity index (χ2n) is 4.93. The molecule has 0 aliphatic carbocycles. The molecular formula is C16H13NO5S2. The summed E-state index contributed by atoms with van der Waals surface area (Å²) in [7, 11) is -2.69. The molecular weight excluding hydrogens is 350 g/mol. The molecule has 2 N–H and O–H groups in total. The molecule has 0 fully saturated rings. The fraction of sp³-hybridized carbons (Fsp3) is 0.0625. The summed E-state index contributed by atoms with van der Waals surface area (Å²) >= 11 is 0.871. The summed E-state index contributed by atoms with van der Waals surface area (Å²) in [6.45, 7) is 0. The van der Waals surface area contributed by atoms with Crippen LogP contribution in [0.5, 0.6) is 11.5 Å². The van der Waals surface area contributed by atoms with Crippen LogP contribution in [0.2, 0.25) is 0 Å². The third kappa shape index (κ3) is 3.06. The van der Waals surface area contributed by atoms with Gasteiger partial charge in [0.15, 0.2) is 11.5 Å². The SMILES string of the molecule is COc1ccc(NS(=O)(=O)c2cc3ccccc3sc2=O)cc1O. The van der Waals surface area contributed by atoms with Crippen LogP contribution in [0.25, 0.3) is 10.1 Å². The number of aromatic hydroxyl groups is 1. The van der Waals surface area contributed by atoms with Crippen LogP contribution >= 0.6 is 11.3 Å². The zero-order chi connectivity index (χ0) is 17.3. The molecule has 1 heterocycles. The Morgan fingerprint density at radius 1 is 1.12 bits per heavy atom. The summed E-state index contributed by atoms with van der Waals surface area (Å²) in [6.07, 6.45) is 0. The third-order valence-electron chi connectivity index (χ3n) is 3.33. The Labute approximate surface area is 142 Å². The van der Waals surface area contributed by atoms with Gasteiger partial charge in [-0.2, -0.15) is 0 Å². The average molecular weight is 363 g/mol. The first-order valence-electron chi connectivity index (χ1n) is 6.83. The molecule has 0 radical (unpaired) electrons. The number of rotatable bonds is 4. The van der Waals surface area contributed by atoms with Gasteiger partial charge in [0, 0.05) is 10.8 Å². The van der Waals surface area contributed by atoms with Crippen LogP contribution in [-0.2, 0) is 10.0 Å². The molecule has 0 bridgehead atoms. The fourth-order valence-electron chi connectivity index (χ4n) is 2.19. The summed E-state index contributed by atoms with van der Waals surface area (Å²) in [5, 5.41) is 10.4. The molecule has 0 spiro atoms. The standard InChI is InChI=1S/C16H13NO5S2/c1-22-13-7-6-11(9-12(13)18)17-24(20,21)15-8-10-4-2-3-5-14(10)23-16(15)19/h2-9,17-18H,1H3. The van der Waals surface area contributed by atoms with Gasteiger partial charge in [-0.15, -0.1) is 0 Å². The lowest BCUT2D eigenvalue weighted by molar-refractivity contribution is 0.373. The maximum Gasteiger partial charge on any atom is 0.266 e. The van der Waals surface area contributed by atoms with E-state index in [1.54, 1.807) is 24.3 Å². The van der Waals surface area contributed by atoms with Gasteiger partial charge < -0.3 is 9.84 Å². The van der Waals surface area contributed by atoms with E-state index >= 15 is 0 Å². The molecule has 2 aromatic carbocycles. The lowest BCUT2D eigenvalue weighted by Gasteiger charge is -2.10. The predicted molar refractivity (Wildman–Crippen MR) is 93.6 cm³/mol. The number of fused-ring (bicyclic) bond motifs is 1. The average Bonchev–Trinajstić information content (AvgIpc) is 2.54. The molecule has 0 atom stereocenters. The Kier molecular flexibility index (Phi) is 4.16. The van der Waals surface area contributed by atoms with E-state index in [4.69, 9.17) is 4.74 Å². The molecule has 3 rings (SSSR count). The fourth-order valence-corrected chi connectivity index (χ4v) is 4.45. The lowest BCUT2D eigenvalue weighted by atomic mass is 10.2. The summed E-state index contributed by atoms with van der Waals surface area (Å²) < 4.78 is 32.4. The zero-order valence-corrected chi connectivity index (χ0v) is 14.1. The highest BCUT2D eigenvalue weighted by Crippen LogP contribution is 2.29. The van der Waals surface area contributed by atoms with Gasteiger partial charge in [0.1, 0.15) is 4.90 Å². The number of phenolic OH excluding ortho intramolecular Hbond substituents is 1. The molecule has 0 amide bonds. The summed E-state index contributed by atoms with van der Waals surface area (Å²) in [5.74, 6) is 0.0109. The molecule has 0 aliphatic rings. The Balaban J connectivity index is 2.03. The number of ether oxygens (including phenoxy) is 1. The number of hydrogen-bond acceptors (Lipinski definition) is 6. The highest BCUT2D eigenvalue weighted by atomic mass is 32.2. The highest BCUT2D eigenvalue weighted by Gasteiger charge is 2.20. The highest BCUT2D eigenvalue weighted by molar-refractivity contribution is 7.92. The van der Waals surface area contributed by atoms with Gasteiger partial charge in [-0.3, -0.25) is 9.52 Å². The molecule has 8 heteroatoms. The van der Waals surface area contributed by atoms with E-state index in [-0.39, 0.29) is 22.1 Å². The van der Waals surface area contributed by atoms with Gasteiger partial charge in [0.2, 0.25) is 0 Å². The smallest absolute Gasteiger partial charge is 0.266 e. The van der Waals surface area contributed by atoms with Gasteiger partial charge in [-0.1, -0.05) is 29.5 Å². The monoisotopic (exact) mass is 363 g/mol. The zero-order valence-electron chi connectivity index (χ0n) is 12.5. The van der Waals surface area contributed by atoms with E-state index in [9.17, 15) is 18.3 Å². The summed E-state index contributed by atoms with van der Waals surface area (Å²) in [5.41, 5.74) is 0.130. The first-order valence-corrected chi connectivity index (χ1v) is 9.13. The first-order chi connectivity index (χ1) is 11.4. The van der Waals surface area contributed by atoms with Crippen LogP contribution in [0.4, 0.5) is 5.69 Å². The third-order valence-corrected chi connectivity index (χ3v) is 5.84. The Bertz CT molecular complexity index is 1070. The maximum atomic E-state index is 12.5. The Morgan fingerprint density at radius 3 is 2.58 bits per heavy atom. The summed E-state index contributed by atoms with van der Waals surface area (Å²) in [4.78, 5) is 11.8. The van der Waals surface area contributed by atoms with Crippen LogP contribution in [-0.4, -0.2) is 20.6 Å². The normalized spacial score (nSPS) is 11.4. The molecule has 1 aromatic heterocycles. The van der Waals surface area contributed by atoms with Gasteiger partial charge in [0.25, 0.3) is 14.8 Å². The van der Waals surface area contributed by atoms with E-state index in [2.05, 4.69) is 4.72 Å². The van der Waals surface area contributed by atoms with E-state index in [0.717, 1.165) is 11.3 Å². The number of sulfonamides is 1. The van der Waals surface area contributed by atoms with Crippen molar-refractivity contribution < 1.29 is 18.3 Å². The maximum absolute atomic E-state index is 12.5. The van der Waals surface area contributed by atoms with Gasteiger partial charge in [0.05, 0.1) is 12.8 Å².